The molecule has 99 heavy (non-hydrogen) atoms. The molecule has 0 amide bonds. The number of unbranched alkanes of at least 4 members (excludes halogenated alkanes) is 55. The molecule has 0 radical (unpaired) electrons. The zero-order valence-corrected chi connectivity index (χ0v) is 66.3. The molecule has 0 heterocycles. The maximum Gasteiger partial charge on any atom is 0.472 e. The number of hydrogen-bond acceptors (Lipinski definition) is 15. The van der Waals surface area contributed by atoms with Gasteiger partial charge in [0, 0.05) is 25.7 Å². The summed E-state index contributed by atoms with van der Waals surface area (Å²) in [5.74, 6) is -2.10. The summed E-state index contributed by atoms with van der Waals surface area (Å²) >= 11 is 0. The summed E-state index contributed by atoms with van der Waals surface area (Å²) in [7, 11) is -9.91. The van der Waals surface area contributed by atoms with Crippen LogP contribution in [0.5, 0.6) is 0 Å². The lowest BCUT2D eigenvalue weighted by Gasteiger charge is -2.21. The molecule has 0 saturated heterocycles. The number of rotatable bonds is 81. The van der Waals surface area contributed by atoms with E-state index >= 15 is 0 Å². The number of esters is 4. The molecule has 0 spiro atoms. The molecule has 5 atom stereocenters. The number of phosphoric acid groups is 2. The van der Waals surface area contributed by atoms with Gasteiger partial charge in [0.1, 0.15) is 19.3 Å². The van der Waals surface area contributed by atoms with Gasteiger partial charge in [0.15, 0.2) is 12.2 Å². The first-order valence-electron chi connectivity index (χ1n) is 41.8. The molecule has 3 N–H and O–H groups in total. The topological polar surface area (TPSA) is 237 Å². The minimum Gasteiger partial charge on any atom is -0.462 e. The number of carbonyl (C=O) groups excluding carboxylic acids is 4. The largest absolute Gasteiger partial charge is 0.472 e. The Balaban J connectivity index is 5.23. The van der Waals surface area contributed by atoms with Crippen LogP contribution >= 0.6 is 15.6 Å². The average Bonchev–Trinajstić information content (AvgIpc) is 1.15. The van der Waals surface area contributed by atoms with E-state index < -0.39 is 97.5 Å². The summed E-state index contributed by atoms with van der Waals surface area (Å²) in [6, 6.07) is 0. The fourth-order valence-corrected chi connectivity index (χ4v) is 14.0. The van der Waals surface area contributed by atoms with Crippen LogP contribution in [0.15, 0.2) is 0 Å². The predicted octanol–water partition coefficient (Wildman–Crippen LogP) is 24.2. The van der Waals surface area contributed by atoms with Crippen LogP contribution in [0.4, 0.5) is 0 Å². The second kappa shape index (κ2) is 74.3. The molecular formula is C80H156O17P2. The first-order chi connectivity index (χ1) is 48.2. The summed E-state index contributed by atoms with van der Waals surface area (Å²) in [6.07, 6.45) is 66.5. The number of hydrogen-bond donors (Lipinski definition) is 3. The fraction of sp³-hybridized carbons (Fsp3) is 0.950. The summed E-state index contributed by atoms with van der Waals surface area (Å²) in [5.41, 5.74) is 0. The van der Waals surface area contributed by atoms with Crippen LogP contribution in [0.3, 0.4) is 0 Å². The monoisotopic (exact) mass is 1450 g/mol. The van der Waals surface area contributed by atoms with E-state index in [2.05, 4.69) is 27.7 Å². The Morgan fingerprint density at radius 3 is 0.596 bits per heavy atom. The maximum atomic E-state index is 13.1. The second-order valence-electron chi connectivity index (χ2n) is 28.8. The van der Waals surface area contributed by atoms with E-state index in [-0.39, 0.29) is 25.7 Å². The van der Waals surface area contributed by atoms with Crippen molar-refractivity contribution in [3.05, 3.63) is 0 Å². The predicted molar refractivity (Wildman–Crippen MR) is 405 cm³/mol. The van der Waals surface area contributed by atoms with Gasteiger partial charge in [0.05, 0.1) is 26.4 Å². The van der Waals surface area contributed by atoms with E-state index in [0.29, 0.717) is 25.7 Å². The van der Waals surface area contributed by atoms with Crippen LogP contribution in [0.2, 0.25) is 0 Å². The molecule has 0 aliphatic rings. The van der Waals surface area contributed by atoms with Crippen LogP contribution in [0.25, 0.3) is 0 Å². The quantitative estimate of drug-likeness (QED) is 0.0222. The summed E-state index contributed by atoms with van der Waals surface area (Å²) in [5, 5.41) is 10.6. The first kappa shape index (κ1) is 97.1. The number of aliphatic hydroxyl groups excluding tert-OH is 1. The minimum atomic E-state index is -4.96. The third kappa shape index (κ3) is 74.1. The van der Waals surface area contributed by atoms with E-state index in [9.17, 15) is 43.2 Å². The molecule has 0 bridgehead atoms. The molecule has 0 aromatic rings. The van der Waals surface area contributed by atoms with Crippen LogP contribution in [0, 0.1) is 0 Å². The van der Waals surface area contributed by atoms with Gasteiger partial charge in [-0.15, -0.1) is 0 Å². The summed E-state index contributed by atoms with van der Waals surface area (Å²) in [4.78, 5) is 73.0. The molecule has 0 aromatic carbocycles. The lowest BCUT2D eigenvalue weighted by molar-refractivity contribution is -0.161. The molecular weight excluding hydrogens is 1290 g/mol. The Morgan fingerprint density at radius 1 is 0.242 bits per heavy atom. The molecule has 588 valence electrons. The zero-order chi connectivity index (χ0) is 72.5. The number of aliphatic hydroxyl groups is 1. The molecule has 0 aromatic heterocycles. The van der Waals surface area contributed by atoms with Crippen molar-refractivity contribution in [3.8, 4) is 0 Å². The number of phosphoric ester groups is 2. The molecule has 17 nitrogen and oxygen atoms in total. The van der Waals surface area contributed by atoms with Gasteiger partial charge >= 0.3 is 39.5 Å². The van der Waals surface area contributed by atoms with Crippen LogP contribution in [0.1, 0.15) is 432 Å². The Hall–Kier alpha value is -1.94. The lowest BCUT2D eigenvalue weighted by Crippen LogP contribution is -2.30. The summed E-state index contributed by atoms with van der Waals surface area (Å²) < 4.78 is 68.7. The highest BCUT2D eigenvalue weighted by atomic mass is 31.2. The van der Waals surface area contributed by atoms with Crippen LogP contribution in [-0.4, -0.2) is 96.7 Å². The van der Waals surface area contributed by atoms with Crippen molar-refractivity contribution < 1.29 is 80.2 Å². The fourth-order valence-electron chi connectivity index (χ4n) is 12.5. The smallest absolute Gasteiger partial charge is 0.462 e. The SMILES string of the molecule is CCCCCCCCCCCCCCCCCCCC(=O)OC[C@H](COP(=O)(O)OC[C@@H](O)COP(=O)(O)OC[C@@H](COC(=O)CCCCCCCCCCCC)OC(=O)CCCCCCCCCCCCCCCCC)OC(=O)CCCCCCCCCCCCCCCCCCC. The van der Waals surface area contributed by atoms with E-state index in [1.165, 1.54) is 263 Å². The zero-order valence-electron chi connectivity index (χ0n) is 64.5. The molecule has 0 fully saturated rings. The van der Waals surface area contributed by atoms with Gasteiger partial charge in [0.2, 0.25) is 0 Å². The van der Waals surface area contributed by atoms with Gasteiger partial charge in [-0.25, -0.2) is 9.13 Å². The Kier molecular flexibility index (Phi) is 72.9. The van der Waals surface area contributed by atoms with Gasteiger partial charge < -0.3 is 33.8 Å². The molecule has 0 aliphatic carbocycles. The highest BCUT2D eigenvalue weighted by Crippen LogP contribution is 2.45. The van der Waals surface area contributed by atoms with E-state index in [4.69, 9.17) is 37.0 Å². The van der Waals surface area contributed by atoms with Crippen LogP contribution in [-0.2, 0) is 65.4 Å². The Morgan fingerprint density at radius 2 is 0.404 bits per heavy atom. The average molecular weight is 1450 g/mol. The lowest BCUT2D eigenvalue weighted by atomic mass is 10.0. The van der Waals surface area contributed by atoms with Crippen molar-refractivity contribution in [1.29, 1.82) is 0 Å². The molecule has 0 aliphatic heterocycles. The van der Waals surface area contributed by atoms with Gasteiger partial charge in [-0.05, 0) is 25.7 Å². The highest BCUT2D eigenvalue weighted by molar-refractivity contribution is 7.47. The molecule has 0 saturated carbocycles. The first-order valence-corrected chi connectivity index (χ1v) is 44.8. The molecule has 0 rings (SSSR count). The number of carbonyl (C=O) groups is 4. The van der Waals surface area contributed by atoms with Crippen molar-refractivity contribution in [2.24, 2.45) is 0 Å². The third-order valence-corrected chi connectivity index (χ3v) is 20.8. The van der Waals surface area contributed by atoms with Crippen molar-refractivity contribution in [2.75, 3.05) is 39.6 Å². The van der Waals surface area contributed by atoms with Crippen LogP contribution < -0.4 is 0 Å². The van der Waals surface area contributed by atoms with E-state index in [1.54, 1.807) is 0 Å². The maximum absolute atomic E-state index is 13.1. The van der Waals surface area contributed by atoms with Crippen molar-refractivity contribution >= 4 is 39.5 Å². The van der Waals surface area contributed by atoms with Gasteiger partial charge in [-0.2, -0.15) is 0 Å². The second-order valence-corrected chi connectivity index (χ2v) is 31.7. The van der Waals surface area contributed by atoms with Gasteiger partial charge in [0.25, 0.3) is 0 Å². The van der Waals surface area contributed by atoms with Gasteiger partial charge in [-0.3, -0.25) is 37.3 Å². The number of ether oxygens (including phenoxy) is 4. The standard InChI is InChI=1S/C80H156O17P2/c1-5-9-13-17-21-25-29-32-35-37-40-42-45-49-53-57-61-65-78(83)91-71-76(97-80(85)67-63-59-55-51-47-44-41-38-36-33-30-26-22-18-14-10-6-2)73-95-99(88,89)93-69-74(81)68-92-98(86,87)94-72-75(70-90-77(82)64-60-56-52-48-28-24-20-16-12-8-4)96-79(84)66-62-58-54-50-46-43-39-34-31-27-23-19-15-11-7-3/h74-76,81H,5-73H2,1-4H3,(H,86,87)(H,88,89)/t74-,75+,76+/m0/s1. The van der Waals surface area contributed by atoms with E-state index in [1.807, 2.05) is 0 Å². The van der Waals surface area contributed by atoms with E-state index in [0.717, 1.165) is 89.9 Å². The Labute approximate surface area is 607 Å². The highest BCUT2D eigenvalue weighted by Gasteiger charge is 2.30. The van der Waals surface area contributed by atoms with Crippen molar-refractivity contribution in [2.45, 2.75) is 451 Å². The van der Waals surface area contributed by atoms with Crippen molar-refractivity contribution in [1.82, 2.24) is 0 Å². The summed E-state index contributed by atoms with van der Waals surface area (Å²) in [6.45, 7) is 5.02. The van der Waals surface area contributed by atoms with Gasteiger partial charge in [-0.1, -0.05) is 381 Å². The normalized spacial score (nSPS) is 13.8. The molecule has 2 unspecified atom stereocenters. The minimum absolute atomic E-state index is 0.109. The third-order valence-electron chi connectivity index (χ3n) is 18.9. The Bertz CT molecular complexity index is 1880. The molecule has 19 heteroatoms. The van der Waals surface area contributed by atoms with Crippen molar-refractivity contribution in [3.63, 3.8) is 0 Å².